The Morgan fingerprint density at radius 3 is 2.82 bits per heavy atom. The largest absolute Gasteiger partial charge is 0.331 e. The first-order valence-corrected chi connectivity index (χ1v) is 10.0. The first kappa shape index (κ1) is 19.9. The maximum Gasteiger partial charge on any atom is 0.322 e. The number of unbranched alkanes of at least 4 members (excludes halogenated alkanes) is 1. The molecule has 6 nitrogen and oxygen atoms in total. The van der Waals surface area contributed by atoms with Gasteiger partial charge in [0.15, 0.2) is 0 Å². The highest BCUT2D eigenvalue weighted by molar-refractivity contribution is 5.92. The Kier molecular flexibility index (Phi) is 6.63. The van der Waals surface area contributed by atoms with Gasteiger partial charge >= 0.3 is 6.03 Å². The SMILES string of the molecule is CCCC[C@@H](c1cccnc1)N(C)C(=O)Nc1ccc2c(c1)ncn2CCC. The van der Waals surface area contributed by atoms with E-state index in [-0.39, 0.29) is 12.1 Å². The lowest BCUT2D eigenvalue weighted by Crippen LogP contribution is -2.35. The molecule has 1 N–H and O–H groups in total. The lowest BCUT2D eigenvalue weighted by atomic mass is 10.0. The summed E-state index contributed by atoms with van der Waals surface area (Å²) in [5, 5.41) is 3.02. The van der Waals surface area contributed by atoms with Crippen LogP contribution < -0.4 is 5.32 Å². The van der Waals surface area contributed by atoms with Gasteiger partial charge in [-0.2, -0.15) is 0 Å². The monoisotopic (exact) mass is 379 g/mol. The van der Waals surface area contributed by atoms with Crippen LogP contribution in [-0.4, -0.2) is 32.5 Å². The second-order valence-electron chi connectivity index (χ2n) is 7.13. The highest BCUT2D eigenvalue weighted by Crippen LogP contribution is 2.26. The number of pyridine rings is 1. The summed E-state index contributed by atoms with van der Waals surface area (Å²) < 4.78 is 2.14. The number of amides is 2. The number of anilines is 1. The summed E-state index contributed by atoms with van der Waals surface area (Å²) in [6, 6.07) is 9.71. The number of hydrogen-bond donors (Lipinski definition) is 1. The van der Waals surface area contributed by atoms with Crippen LogP contribution in [0.15, 0.2) is 49.1 Å². The molecule has 6 heteroatoms. The van der Waals surface area contributed by atoms with E-state index in [0.29, 0.717) is 0 Å². The van der Waals surface area contributed by atoms with E-state index in [1.165, 1.54) is 0 Å². The van der Waals surface area contributed by atoms with Crippen molar-refractivity contribution >= 4 is 22.8 Å². The van der Waals surface area contributed by atoms with Crippen molar-refractivity contribution in [1.29, 1.82) is 0 Å². The van der Waals surface area contributed by atoms with Gasteiger partial charge in [0.2, 0.25) is 0 Å². The van der Waals surface area contributed by atoms with Crippen molar-refractivity contribution in [3.8, 4) is 0 Å². The number of nitrogens with zero attached hydrogens (tertiary/aromatic N) is 4. The van der Waals surface area contributed by atoms with Crippen LogP contribution in [-0.2, 0) is 6.54 Å². The molecule has 0 aliphatic heterocycles. The molecule has 0 spiro atoms. The zero-order valence-electron chi connectivity index (χ0n) is 16.9. The Morgan fingerprint density at radius 2 is 2.11 bits per heavy atom. The highest BCUT2D eigenvalue weighted by Gasteiger charge is 2.21. The van der Waals surface area contributed by atoms with Crippen LogP contribution in [0.4, 0.5) is 10.5 Å². The number of urea groups is 1. The number of hydrogen-bond acceptors (Lipinski definition) is 3. The Morgan fingerprint density at radius 1 is 1.25 bits per heavy atom. The summed E-state index contributed by atoms with van der Waals surface area (Å²) in [7, 11) is 1.84. The van der Waals surface area contributed by atoms with Crippen LogP contribution in [0.5, 0.6) is 0 Å². The number of aromatic nitrogens is 3. The van der Waals surface area contributed by atoms with Gasteiger partial charge in [-0.05, 0) is 42.7 Å². The molecule has 0 radical (unpaired) electrons. The molecule has 0 saturated carbocycles. The fourth-order valence-corrected chi connectivity index (χ4v) is 3.47. The average Bonchev–Trinajstić information content (AvgIpc) is 3.11. The second kappa shape index (κ2) is 9.35. The van der Waals surface area contributed by atoms with E-state index in [1.807, 2.05) is 49.9 Å². The number of rotatable bonds is 8. The highest BCUT2D eigenvalue weighted by atomic mass is 16.2. The molecule has 28 heavy (non-hydrogen) atoms. The molecular formula is C22H29N5O. The first-order chi connectivity index (χ1) is 13.6. The Bertz CT molecular complexity index is 906. The van der Waals surface area contributed by atoms with Crippen molar-refractivity contribution < 1.29 is 4.79 Å². The molecular weight excluding hydrogens is 350 g/mol. The molecule has 0 aliphatic carbocycles. The van der Waals surface area contributed by atoms with Gasteiger partial charge in [0.05, 0.1) is 23.4 Å². The second-order valence-corrected chi connectivity index (χ2v) is 7.13. The fourth-order valence-electron chi connectivity index (χ4n) is 3.47. The van der Waals surface area contributed by atoms with Crippen molar-refractivity contribution in [1.82, 2.24) is 19.4 Å². The molecule has 1 aromatic carbocycles. The van der Waals surface area contributed by atoms with E-state index in [1.54, 1.807) is 11.1 Å². The summed E-state index contributed by atoms with van der Waals surface area (Å²) >= 11 is 0. The lowest BCUT2D eigenvalue weighted by Gasteiger charge is -2.28. The minimum absolute atomic E-state index is 0.00106. The normalized spacial score (nSPS) is 12.1. The third-order valence-corrected chi connectivity index (χ3v) is 5.02. The minimum Gasteiger partial charge on any atom is -0.331 e. The zero-order chi connectivity index (χ0) is 19.9. The van der Waals surface area contributed by atoms with E-state index >= 15 is 0 Å². The quantitative estimate of drug-likeness (QED) is 0.582. The molecule has 0 saturated heterocycles. The summed E-state index contributed by atoms with van der Waals surface area (Å²) in [6.07, 6.45) is 9.56. The summed E-state index contributed by atoms with van der Waals surface area (Å²) in [5.41, 5.74) is 3.79. The van der Waals surface area contributed by atoms with Gasteiger partial charge in [0.1, 0.15) is 0 Å². The maximum atomic E-state index is 12.9. The molecule has 1 atom stereocenters. The predicted octanol–water partition coefficient (Wildman–Crippen LogP) is 5.24. The summed E-state index contributed by atoms with van der Waals surface area (Å²) in [5.74, 6) is 0. The Hall–Kier alpha value is -2.89. The third kappa shape index (κ3) is 4.50. The lowest BCUT2D eigenvalue weighted by molar-refractivity contribution is 0.200. The smallest absolute Gasteiger partial charge is 0.322 e. The van der Waals surface area contributed by atoms with Crippen molar-refractivity contribution in [3.63, 3.8) is 0 Å². The maximum absolute atomic E-state index is 12.9. The molecule has 148 valence electrons. The van der Waals surface area contributed by atoms with Gasteiger partial charge in [-0.25, -0.2) is 9.78 Å². The number of aryl methyl sites for hydroxylation is 1. The molecule has 0 bridgehead atoms. The summed E-state index contributed by atoms with van der Waals surface area (Å²) in [4.78, 5) is 23.4. The van der Waals surface area contributed by atoms with Gasteiger partial charge < -0.3 is 14.8 Å². The van der Waals surface area contributed by atoms with Gasteiger partial charge in [0, 0.05) is 31.7 Å². The predicted molar refractivity (Wildman–Crippen MR) is 113 cm³/mol. The molecule has 3 aromatic rings. The topological polar surface area (TPSA) is 63.1 Å². The number of benzene rings is 1. The van der Waals surface area contributed by atoms with E-state index in [9.17, 15) is 4.79 Å². The zero-order valence-corrected chi connectivity index (χ0v) is 16.9. The molecule has 0 fully saturated rings. The standard InChI is InChI=1S/C22H29N5O/c1-4-6-9-20(17-8-7-12-23-15-17)26(3)22(28)25-18-10-11-21-19(14-18)24-16-27(21)13-5-2/h7-8,10-12,14-16,20H,4-6,9,13H2,1-3H3,(H,25,28)/t20-/m0/s1. The first-order valence-electron chi connectivity index (χ1n) is 10.0. The number of imidazole rings is 1. The van der Waals surface area contributed by atoms with E-state index in [2.05, 4.69) is 33.7 Å². The van der Waals surface area contributed by atoms with Crippen LogP contribution in [0.25, 0.3) is 11.0 Å². The van der Waals surface area contributed by atoms with Gasteiger partial charge in [-0.3, -0.25) is 4.98 Å². The van der Waals surface area contributed by atoms with Crippen molar-refractivity contribution in [3.05, 3.63) is 54.6 Å². The van der Waals surface area contributed by atoms with Gasteiger partial charge in [-0.15, -0.1) is 0 Å². The molecule has 2 heterocycles. The molecule has 2 aromatic heterocycles. The molecule has 0 unspecified atom stereocenters. The Balaban J connectivity index is 1.75. The van der Waals surface area contributed by atoms with Crippen LogP contribution in [0.1, 0.15) is 51.1 Å². The number of carbonyl (C=O) groups excluding carboxylic acids is 1. The number of carbonyl (C=O) groups is 1. The van der Waals surface area contributed by atoms with Crippen molar-refractivity contribution in [2.75, 3.05) is 12.4 Å². The van der Waals surface area contributed by atoms with E-state index in [4.69, 9.17) is 0 Å². The number of fused-ring (bicyclic) bond motifs is 1. The van der Waals surface area contributed by atoms with Crippen LogP contribution >= 0.6 is 0 Å². The van der Waals surface area contributed by atoms with Crippen LogP contribution in [0.3, 0.4) is 0 Å². The van der Waals surface area contributed by atoms with E-state index < -0.39 is 0 Å². The third-order valence-electron chi connectivity index (χ3n) is 5.02. The molecule has 3 rings (SSSR count). The van der Waals surface area contributed by atoms with E-state index in [0.717, 1.165) is 54.5 Å². The van der Waals surface area contributed by atoms with Crippen molar-refractivity contribution in [2.24, 2.45) is 0 Å². The van der Waals surface area contributed by atoms with Gasteiger partial charge in [-0.1, -0.05) is 32.8 Å². The Labute approximate surface area is 166 Å². The molecule has 0 aliphatic rings. The van der Waals surface area contributed by atoms with Crippen molar-refractivity contribution in [2.45, 2.75) is 52.1 Å². The average molecular weight is 380 g/mol. The minimum atomic E-state index is -0.128. The fraction of sp³-hybridized carbons (Fsp3) is 0.409. The molecule has 2 amide bonds. The van der Waals surface area contributed by atoms with Gasteiger partial charge in [0.25, 0.3) is 0 Å². The van der Waals surface area contributed by atoms with Crippen LogP contribution in [0, 0.1) is 0 Å². The van der Waals surface area contributed by atoms with Crippen LogP contribution in [0.2, 0.25) is 0 Å². The number of nitrogens with one attached hydrogen (secondary N) is 1. The summed E-state index contributed by atoms with van der Waals surface area (Å²) in [6.45, 7) is 5.25.